The molecule has 0 fully saturated rings. The van der Waals surface area contributed by atoms with Crippen LogP contribution in [0.5, 0.6) is 0 Å². The van der Waals surface area contributed by atoms with Crippen LogP contribution in [0.2, 0.25) is 0 Å². The quantitative estimate of drug-likeness (QED) is 0.723. The molecule has 0 amide bonds. The molecule has 1 heterocycles. The second kappa shape index (κ2) is 8.47. The molecular weight excluding hydrogens is 369 g/mol. The van der Waals surface area contributed by atoms with E-state index in [1.54, 1.807) is 18.2 Å². The summed E-state index contributed by atoms with van der Waals surface area (Å²) in [7, 11) is -2.13. The van der Waals surface area contributed by atoms with E-state index < -0.39 is 10.0 Å². The summed E-state index contributed by atoms with van der Waals surface area (Å²) in [6.07, 6.45) is 4.81. The van der Waals surface area contributed by atoms with Crippen LogP contribution in [0, 0.1) is 5.82 Å². The van der Waals surface area contributed by atoms with Crippen LogP contribution in [0.15, 0.2) is 36.6 Å². The third kappa shape index (κ3) is 5.03. The Morgan fingerprint density at radius 2 is 1.85 bits per heavy atom. The molecule has 0 aliphatic rings. The van der Waals surface area contributed by atoms with Crippen molar-refractivity contribution in [3.8, 4) is 11.3 Å². The minimum Gasteiger partial charge on any atom is -0.516 e. The van der Waals surface area contributed by atoms with E-state index in [4.69, 9.17) is 5.11 Å². The number of aromatic nitrogens is 2. The number of benzene rings is 1. The van der Waals surface area contributed by atoms with Crippen LogP contribution >= 0.6 is 0 Å². The van der Waals surface area contributed by atoms with E-state index in [0.717, 1.165) is 28.1 Å². The zero-order valence-electron chi connectivity index (χ0n) is 15.8. The topological polar surface area (TPSA) is 83.4 Å². The van der Waals surface area contributed by atoms with Crippen molar-refractivity contribution < 1.29 is 17.9 Å². The zero-order valence-corrected chi connectivity index (χ0v) is 16.7. The first-order chi connectivity index (χ1) is 12.6. The third-order valence-electron chi connectivity index (χ3n) is 4.14. The second-order valence-electron chi connectivity index (χ2n) is 6.55. The average Bonchev–Trinajstić information content (AvgIpc) is 2.61. The van der Waals surface area contributed by atoms with Crippen molar-refractivity contribution >= 4 is 16.0 Å². The lowest BCUT2D eigenvalue weighted by Crippen LogP contribution is -2.27. The highest BCUT2D eigenvalue weighted by molar-refractivity contribution is 7.92. The molecule has 0 radical (unpaired) electrons. The molecule has 0 bridgehead atoms. The highest BCUT2D eigenvalue weighted by Crippen LogP contribution is 2.31. The normalized spacial score (nSPS) is 12.1. The number of aliphatic hydroxyl groups is 1. The van der Waals surface area contributed by atoms with Crippen LogP contribution in [0.4, 0.5) is 10.3 Å². The van der Waals surface area contributed by atoms with Crippen LogP contribution in [0.3, 0.4) is 0 Å². The van der Waals surface area contributed by atoms with E-state index in [9.17, 15) is 12.8 Å². The fourth-order valence-electron chi connectivity index (χ4n) is 2.65. The van der Waals surface area contributed by atoms with E-state index >= 15 is 0 Å². The van der Waals surface area contributed by atoms with Crippen molar-refractivity contribution in [1.82, 2.24) is 9.97 Å². The highest BCUT2D eigenvalue weighted by atomic mass is 32.2. The smallest absolute Gasteiger partial charge is 0.239 e. The van der Waals surface area contributed by atoms with E-state index in [1.165, 1.54) is 19.2 Å². The summed E-state index contributed by atoms with van der Waals surface area (Å²) < 4.78 is 38.3. The van der Waals surface area contributed by atoms with E-state index in [1.807, 2.05) is 13.8 Å². The third-order valence-corrected chi connectivity index (χ3v) is 5.30. The molecule has 1 aromatic carbocycles. The summed E-state index contributed by atoms with van der Waals surface area (Å²) in [4.78, 5) is 8.98. The summed E-state index contributed by atoms with van der Waals surface area (Å²) in [5, 5.41) is 8.92. The van der Waals surface area contributed by atoms with Crippen molar-refractivity contribution in [2.24, 2.45) is 0 Å². The van der Waals surface area contributed by atoms with Gasteiger partial charge in [0.2, 0.25) is 16.0 Å². The summed E-state index contributed by atoms with van der Waals surface area (Å²) >= 11 is 0. The molecule has 146 valence electrons. The summed E-state index contributed by atoms with van der Waals surface area (Å²) in [5.74, 6) is -0.274. The van der Waals surface area contributed by atoms with E-state index in [2.05, 4.69) is 9.97 Å². The largest absolute Gasteiger partial charge is 0.516 e. The fraction of sp³-hybridized carbons (Fsp3) is 0.368. The molecule has 0 saturated heterocycles. The maximum atomic E-state index is 13.4. The molecule has 2 rings (SSSR count). The summed E-state index contributed by atoms with van der Waals surface area (Å²) in [6.45, 7) is 3.93. The van der Waals surface area contributed by atoms with Gasteiger partial charge in [-0.15, -0.1) is 0 Å². The molecule has 27 heavy (non-hydrogen) atoms. The second-order valence-corrected chi connectivity index (χ2v) is 8.57. The Kier molecular flexibility index (Phi) is 6.54. The lowest BCUT2D eigenvalue weighted by atomic mass is 9.95. The number of aliphatic hydroxyl groups excluding tert-OH is 1. The average molecular weight is 393 g/mol. The predicted molar refractivity (Wildman–Crippen MR) is 105 cm³/mol. The summed E-state index contributed by atoms with van der Waals surface area (Å²) in [5.41, 5.74) is 2.80. The Morgan fingerprint density at radius 1 is 1.22 bits per heavy atom. The maximum absolute atomic E-state index is 13.4. The standard InChI is InChI=1S/C19H24FN3O3S/c1-13(2)17-16(7-5-6-12-24)18(14-8-10-15(20)11-9-14)22-19(21-17)23(3)27(4,25)26/h6,8-13,24H,5,7H2,1-4H3. The molecule has 8 heteroatoms. The van der Waals surface area contributed by atoms with Gasteiger partial charge in [0.05, 0.1) is 23.9 Å². The number of sulfonamides is 1. The minimum atomic E-state index is -3.53. The van der Waals surface area contributed by atoms with Gasteiger partial charge in [0.1, 0.15) is 5.82 Å². The Hall–Kier alpha value is -2.48. The molecule has 0 aliphatic carbocycles. The van der Waals surface area contributed by atoms with Gasteiger partial charge in [0.15, 0.2) is 0 Å². The Bertz CT molecular complexity index is 926. The molecule has 1 aromatic heterocycles. The van der Waals surface area contributed by atoms with Gasteiger partial charge in [-0.05, 0) is 49.1 Å². The van der Waals surface area contributed by atoms with Gasteiger partial charge in [0.25, 0.3) is 0 Å². The van der Waals surface area contributed by atoms with Gasteiger partial charge in [0, 0.05) is 18.2 Å². The van der Waals surface area contributed by atoms with Gasteiger partial charge < -0.3 is 5.11 Å². The first kappa shape index (κ1) is 20.8. The van der Waals surface area contributed by atoms with Crippen LogP contribution in [0.25, 0.3) is 11.3 Å². The maximum Gasteiger partial charge on any atom is 0.239 e. The predicted octanol–water partition coefficient (Wildman–Crippen LogP) is 3.81. The number of hydrogen-bond acceptors (Lipinski definition) is 5. The monoisotopic (exact) mass is 393 g/mol. The van der Waals surface area contributed by atoms with Gasteiger partial charge in [-0.25, -0.2) is 27.1 Å². The van der Waals surface area contributed by atoms with Crippen molar-refractivity contribution in [1.29, 1.82) is 0 Å². The number of halogens is 1. The van der Waals surface area contributed by atoms with Crippen LogP contribution in [-0.4, -0.2) is 36.8 Å². The molecule has 0 aliphatic heterocycles. The minimum absolute atomic E-state index is 0.0204. The lowest BCUT2D eigenvalue weighted by Gasteiger charge is -2.21. The Balaban J connectivity index is 2.73. The number of nitrogens with zero attached hydrogens (tertiary/aromatic N) is 3. The van der Waals surface area contributed by atoms with Crippen molar-refractivity contribution in [3.05, 3.63) is 53.7 Å². The van der Waals surface area contributed by atoms with Gasteiger partial charge in [-0.1, -0.05) is 13.8 Å². The number of hydrogen-bond donors (Lipinski definition) is 1. The Morgan fingerprint density at radius 3 is 2.37 bits per heavy atom. The Labute approximate surface area is 159 Å². The number of rotatable bonds is 7. The van der Waals surface area contributed by atoms with Crippen molar-refractivity contribution in [3.63, 3.8) is 0 Å². The van der Waals surface area contributed by atoms with Gasteiger partial charge in [-0.3, -0.25) is 0 Å². The highest BCUT2D eigenvalue weighted by Gasteiger charge is 2.22. The molecule has 6 nitrogen and oxygen atoms in total. The van der Waals surface area contributed by atoms with Crippen LogP contribution in [-0.2, 0) is 16.4 Å². The fourth-order valence-corrected chi connectivity index (χ4v) is 3.03. The van der Waals surface area contributed by atoms with Gasteiger partial charge in [-0.2, -0.15) is 0 Å². The first-order valence-electron chi connectivity index (χ1n) is 8.55. The first-order valence-corrected chi connectivity index (χ1v) is 10.4. The molecule has 0 saturated carbocycles. The molecule has 0 unspecified atom stereocenters. The number of anilines is 1. The van der Waals surface area contributed by atoms with Crippen LogP contribution in [0.1, 0.15) is 37.4 Å². The molecule has 2 aromatic rings. The number of allylic oxidation sites excluding steroid dienone is 1. The molecule has 0 spiro atoms. The van der Waals surface area contributed by atoms with Crippen molar-refractivity contribution in [2.75, 3.05) is 17.6 Å². The van der Waals surface area contributed by atoms with Gasteiger partial charge >= 0.3 is 0 Å². The molecule has 0 atom stereocenters. The van der Waals surface area contributed by atoms with E-state index in [0.29, 0.717) is 24.1 Å². The zero-order chi connectivity index (χ0) is 20.2. The lowest BCUT2D eigenvalue weighted by molar-refractivity contribution is 0.470. The molecule has 1 N–H and O–H groups in total. The van der Waals surface area contributed by atoms with Crippen molar-refractivity contribution in [2.45, 2.75) is 32.6 Å². The van der Waals surface area contributed by atoms with Crippen LogP contribution < -0.4 is 4.31 Å². The van der Waals surface area contributed by atoms with E-state index in [-0.39, 0.29) is 17.7 Å². The molecular formula is C19H24FN3O3S. The SMILES string of the molecule is CC(C)c1nc(N(C)S(C)(=O)=O)nc(-c2ccc(F)cc2)c1CCC=CO. The summed E-state index contributed by atoms with van der Waals surface area (Å²) in [6, 6.07) is 5.89.